The van der Waals surface area contributed by atoms with Crippen LogP contribution in [0, 0.1) is 17.2 Å². The number of ether oxygens (including phenoxy) is 1. The van der Waals surface area contributed by atoms with Crippen molar-refractivity contribution in [3.05, 3.63) is 59.9 Å². The van der Waals surface area contributed by atoms with Crippen LogP contribution in [0.25, 0.3) is 5.82 Å². The van der Waals surface area contributed by atoms with Gasteiger partial charge in [-0.25, -0.2) is 0 Å². The second kappa shape index (κ2) is 12.8. The number of fused-ring (bicyclic) bond motifs is 1. The fraction of sp³-hybridized carbons (Fsp3) is 0.429. The van der Waals surface area contributed by atoms with Crippen molar-refractivity contribution < 1.29 is 9.53 Å². The Labute approximate surface area is 218 Å². The molecule has 9 heteroatoms. The van der Waals surface area contributed by atoms with Crippen molar-refractivity contribution in [2.45, 2.75) is 57.4 Å². The molecule has 1 aromatic carbocycles. The molecular formula is C28H35N7O2. The number of rotatable bonds is 7. The highest BCUT2D eigenvalue weighted by molar-refractivity contribution is 5.82. The number of hydrogen-bond donors (Lipinski definition) is 3. The lowest BCUT2D eigenvalue weighted by atomic mass is 9.84. The molecule has 4 N–H and O–H groups in total. The van der Waals surface area contributed by atoms with Crippen LogP contribution >= 0.6 is 0 Å². The van der Waals surface area contributed by atoms with Crippen LogP contribution < -0.4 is 21.1 Å². The number of benzene rings is 1. The highest BCUT2D eigenvalue weighted by Gasteiger charge is 2.23. The zero-order valence-corrected chi connectivity index (χ0v) is 21.3. The van der Waals surface area contributed by atoms with E-state index in [1.54, 1.807) is 7.05 Å². The first-order valence-electron chi connectivity index (χ1n) is 13.0. The van der Waals surface area contributed by atoms with Gasteiger partial charge in [0.1, 0.15) is 23.4 Å². The van der Waals surface area contributed by atoms with Crippen LogP contribution in [-0.4, -0.2) is 40.1 Å². The number of hydrogen-bond acceptors (Lipinski definition) is 7. The second-order valence-corrected chi connectivity index (χ2v) is 9.50. The lowest BCUT2D eigenvalue weighted by Crippen LogP contribution is -2.37. The summed E-state index contributed by atoms with van der Waals surface area (Å²) >= 11 is 0. The third-order valence-corrected chi connectivity index (χ3v) is 6.81. The van der Waals surface area contributed by atoms with Gasteiger partial charge in [0.15, 0.2) is 0 Å². The van der Waals surface area contributed by atoms with Crippen LogP contribution in [0.4, 0.5) is 11.8 Å². The highest BCUT2D eigenvalue weighted by Crippen LogP contribution is 2.28. The van der Waals surface area contributed by atoms with Crippen molar-refractivity contribution in [1.29, 1.82) is 5.26 Å². The summed E-state index contributed by atoms with van der Waals surface area (Å²) in [7, 11) is 1.77. The van der Waals surface area contributed by atoms with Crippen LogP contribution in [0.1, 0.15) is 56.1 Å². The molecule has 194 valence electrons. The summed E-state index contributed by atoms with van der Waals surface area (Å²) < 4.78 is 7.31. The van der Waals surface area contributed by atoms with Crippen LogP contribution in [0.5, 0.6) is 5.75 Å². The number of carbonyl (C=O) groups excluding carboxylic acids is 1. The number of anilines is 2. The molecule has 2 aromatic heterocycles. The molecule has 0 radical (unpaired) electrons. The smallest absolute Gasteiger partial charge is 0.239 e. The molecule has 0 spiro atoms. The summed E-state index contributed by atoms with van der Waals surface area (Å²) in [6, 6.07) is 13.0. The van der Waals surface area contributed by atoms with E-state index in [0.717, 1.165) is 37.4 Å². The molecule has 1 aliphatic carbocycles. The largest absolute Gasteiger partial charge is 0.493 e. The van der Waals surface area contributed by atoms with E-state index in [9.17, 15) is 4.79 Å². The van der Waals surface area contributed by atoms with Gasteiger partial charge in [-0.2, -0.15) is 15.2 Å². The molecular weight excluding hydrogens is 466 g/mol. The molecule has 9 nitrogen and oxygen atoms in total. The maximum Gasteiger partial charge on any atom is 0.239 e. The molecule has 1 amide bonds. The first-order chi connectivity index (χ1) is 18.1. The Morgan fingerprint density at radius 1 is 1.19 bits per heavy atom. The second-order valence-electron chi connectivity index (χ2n) is 9.50. The topological polar surface area (TPSA) is 131 Å². The van der Waals surface area contributed by atoms with Gasteiger partial charge in [0.05, 0.1) is 18.2 Å². The SMILES string of the molecule is CNc1nc(N[C@H](CC2CCCCC2)C(N)=O)cc(-n2cccc2)n1.N#Cc1ccc2c(c1)OCCC2. The highest BCUT2D eigenvalue weighted by atomic mass is 16.5. The molecule has 1 fully saturated rings. The van der Waals surface area contributed by atoms with Crippen molar-refractivity contribution in [3.63, 3.8) is 0 Å². The number of carbonyl (C=O) groups is 1. The van der Waals surface area contributed by atoms with Gasteiger partial charge in [-0.1, -0.05) is 38.2 Å². The molecule has 0 unspecified atom stereocenters. The van der Waals surface area contributed by atoms with Gasteiger partial charge in [-0.05, 0) is 55.0 Å². The maximum absolute atomic E-state index is 11.9. The number of nitrogens with zero attached hydrogens (tertiary/aromatic N) is 4. The van der Waals surface area contributed by atoms with E-state index in [1.165, 1.54) is 37.7 Å². The third-order valence-electron chi connectivity index (χ3n) is 6.81. The lowest BCUT2D eigenvalue weighted by molar-refractivity contribution is -0.119. The van der Waals surface area contributed by atoms with E-state index in [2.05, 4.69) is 26.7 Å². The summed E-state index contributed by atoms with van der Waals surface area (Å²) in [4.78, 5) is 20.8. The minimum Gasteiger partial charge on any atom is -0.493 e. The fourth-order valence-corrected chi connectivity index (χ4v) is 4.83. The van der Waals surface area contributed by atoms with E-state index in [1.807, 2.05) is 53.4 Å². The zero-order valence-electron chi connectivity index (χ0n) is 21.3. The fourth-order valence-electron chi connectivity index (χ4n) is 4.83. The van der Waals surface area contributed by atoms with Crippen LogP contribution in [0.2, 0.25) is 0 Å². The molecule has 0 bridgehead atoms. The van der Waals surface area contributed by atoms with E-state index in [4.69, 9.17) is 15.7 Å². The van der Waals surface area contributed by atoms with E-state index in [0.29, 0.717) is 23.2 Å². The molecule has 37 heavy (non-hydrogen) atoms. The Balaban J connectivity index is 0.000000222. The summed E-state index contributed by atoms with van der Waals surface area (Å²) in [5, 5.41) is 14.8. The summed E-state index contributed by atoms with van der Waals surface area (Å²) in [5.74, 6) is 2.93. The number of nitrogens with two attached hydrogens (primary N) is 1. The van der Waals surface area contributed by atoms with E-state index in [-0.39, 0.29) is 5.91 Å². The van der Waals surface area contributed by atoms with E-state index < -0.39 is 6.04 Å². The Morgan fingerprint density at radius 2 is 1.97 bits per heavy atom. The Bertz CT molecular complexity index is 1210. The first-order valence-corrected chi connectivity index (χ1v) is 13.0. The molecule has 1 aliphatic heterocycles. The quantitative estimate of drug-likeness (QED) is 0.436. The molecule has 1 saturated carbocycles. The Morgan fingerprint density at radius 3 is 2.68 bits per heavy atom. The lowest BCUT2D eigenvalue weighted by Gasteiger charge is -2.26. The van der Waals surface area contributed by atoms with Gasteiger partial charge >= 0.3 is 0 Å². The molecule has 3 aromatic rings. The monoisotopic (exact) mass is 501 g/mol. The van der Waals surface area contributed by atoms with Gasteiger partial charge < -0.3 is 25.7 Å². The molecule has 0 saturated heterocycles. The first kappa shape index (κ1) is 26.0. The van der Waals surface area contributed by atoms with Crippen molar-refractivity contribution in [2.75, 3.05) is 24.3 Å². The normalized spacial score (nSPS) is 15.7. The van der Waals surface area contributed by atoms with Crippen molar-refractivity contribution in [2.24, 2.45) is 11.7 Å². The Hall–Kier alpha value is -4.06. The standard InChI is InChI=1S/C18H26N6O.C10H9NO/c1-20-18-22-15(12-16(23-18)24-9-5-6-10-24)21-14(17(19)25)11-13-7-3-2-4-8-13;11-7-8-3-4-9-2-1-5-12-10(9)6-8/h5-6,9-10,12-14H,2-4,7-8,11H2,1H3,(H2,19,25)(H2,20,21,22,23);3-4,6H,1-2,5H2/t14-;/m1./s1. The van der Waals surface area contributed by atoms with Crippen LogP contribution in [0.3, 0.4) is 0 Å². The number of nitriles is 1. The van der Waals surface area contributed by atoms with Crippen molar-refractivity contribution >= 4 is 17.7 Å². The summed E-state index contributed by atoms with van der Waals surface area (Å²) in [6.45, 7) is 0.780. The summed E-state index contributed by atoms with van der Waals surface area (Å²) in [5.41, 5.74) is 7.54. The maximum atomic E-state index is 11.9. The molecule has 5 rings (SSSR count). The number of aromatic nitrogens is 3. The average molecular weight is 502 g/mol. The number of primary amides is 1. The van der Waals surface area contributed by atoms with E-state index >= 15 is 0 Å². The van der Waals surface area contributed by atoms with Crippen molar-refractivity contribution in [1.82, 2.24) is 14.5 Å². The average Bonchev–Trinajstić information content (AvgIpc) is 3.48. The molecule has 1 atom stereocenters. The predicted molar refractivity (Wildman–Crippen MR) is 144 cm³/mol. The minimum absolute atomic E-state index is 0.335. The van der Waals surface area contributed by atoms with Crippen LogP contribution in [-0.2, 0) is 11.2 Å². The third kappa shape index (κ3) is 7.23. The number of amides is 1. The van der Waals surface area contributed by atoms with Crippen molar-refractivity contribution in [3.8, 4) is 17.6 Å². The summed E-state index contributed by atoms with van der Waals surface area (Å²) in [6.07, 6.45) is 12.9. The number of nitrogens with one attached hydrogen (secondary N) is 2. The molecule has 3 heterocycles. The van der Waals surface area contributed by atoms with Gasteiger partial charge in [-0.15, -0.1) is 0 Å². The predicted octanol–water partition coefficient (Wildman–Crippen LogP) is 4.43. The Kier molecular flexibility index (Phi) is 8.98. The number of aryl methyl sites for hydroxylation is 1. The van der Waals surface area contributed by atoms with Gasteiger partial charge in [0.2, 0.25) is 11.9 Å². The van der Waals surface area contributed by atoms with Gasteiger partial charge in [0, 0.05) is 25.5 Å². The van der Waals surface area contributed by atoms with Crippen LogP contribution in [0.15, 0.2) is 48.8 Å². The minimum atomic E-state index is -0.416. The van der Waals surface area contributed by atoms with Gasteiger partial charge in [-0.3, -0.25) is 4.79 Å². The zero-order chi connectivity index (χ0) is 26.0. The van der Waals surface area contributed by atoms with Gasteiger partial charge in [0.25, 0.3) is 0 Å². The molecule has 2 aliphatic rings.